The first-order valence-corrected chi connectivity index (χ1v) is 11.3. The Labute approximate surface area is 180 Å². The summed E-state index contributed by atoms with van der Waals surface area (Å²) in [6, 6.07) is 9.34. The van der Waals surface area contributed by atoms with Crippen LogP contribution in [0.2, 0.25) is 0 Å². The largest absolute Gasteiger partial charge is 0.297 e. The highest BCUT2D eigenvalue weighted by Crippen LogP contribution is 2.26. The lowest BCUT2D eigenvalue weighted by Gasteiger charge is -2.10. The number of carbonyl (C=O) groups excluding carboxylic acids is 1. The van der Waals surface area contributed by atoms with E-state index < -0.39 is 5.92 Å². The third-order valence-electron chi connectivity index (χ3n) is 4.60. The molecular weight excluding hydrogens is 420 g/mol. The smallest absolute Gasteiger partial charge is 0.262 e. The highest BCUT2D eigenvalue weighted by Gasteiger charge is 2.24. The van der Waals surface area contributed by atoms with Crippen LogP contribution >= 0.6 is 23.1 Å². The number of Topliss-reactive ketones (excluding diaryl/α,β-unsaturated/α-hetero) is 1. The Balaban J connectivity index is 1.71. The molecule has 152 valence electrons. The number of thioether (sulfide) groups is 1. The molecule has 0 saturated heterocycles. The molecule has 0 amide bonds. The Morgan fingerprint density at radius 2 is 2.13 bits per heavy atom. The maximum Gasteiger partial charge on any atom is 0.262 e. The molecular formula is C20H18N6O2S2. The van der Waals surface area contributed by atoms with Gasteiger partial charge in [-0.2, -0.15) is 5.26 Å². The number of thiazole rings is 1. The SMILES string of the molecule is CCCn1c(=O)c2ccccc2n2c(SCC(=O)[C@@H](C#N)c3nc(C)cs3)nnc12. The van der Waals surface area contributed by atoms with Crippen LogP contribution in [-0.2, 0) is 11.3 Å². The molecule has 30 heavy (non-hydrogen) atoms. The minimum Gasteiger partial charge on any atom is -0.297 e. The van der Waals surface area contributed by atoms with Gasteiger partial charge in [0.25, 0.3) is 5.56 Å². The zero-order chi connectivity index (χ0) is 21.3. The predicted octanol–water partition coefficient (Wildman–Crippen LogP) is 3.19. The lowest BCUT2D eigenvalue weighted by Crippen LogP contribution is -2.23. The van der Waals surface area contributed by atoms with E-state index in [4.69, 9.17) is 0 Å². The number of aromatic nitrogens is 5. The molecule has 4 rings (SSSR count). The summed E-state index contributed by atoms with van der Waals surface area (Å²) >= 11 is 2.52. The van der Waals surface area contributed by atoms with E-state index in [2.05, 4.69) is 21.3 Å². The third-order valence-corrected chi connectivity index (χ3v) is 6.58. The molecule has 0 N–H and O–H groups in total. The van der Waals surface area contributed by atoms with Crippen LogP contribution in [0, 0.1) is 18.3 Å². The zero-order valence-corrected chi connectivity index (χ0v) is 18.0. The van der Waals surface area contributed by atoms with E-state index >= 15 is 0 Å². The Kier molecular flexibility index (Phi) is 5.65. The summed E-state index contributed by atoms with van der Waals surface area (Å²) in [5, 5.41) is 21.3. The summed E-state index contributed by atoms with van der Waals surface area (Å²) in [5.74, 6) is -0.633. The van der Waals surface area contributed by atoms with Gasteiger partial charge < -0.3 is 0 Å². The molecule has 0 aliphatic carbocycles. The summed E-state index contributed by atoms with van der Waals surface area (Å²) < 4.78 is 3.41. The van der Waals surface area contributed by atoms with Crippen LogP contribution in [0.25, 0.3) is 16.7 Å². The molecule has 0 saturated carbocycles. The van der Waals surface area contributed by atoms with Crippen LogP contribution in [0.15, 0.2) is 39.6 Å². The molecule has 1 atom stereocenters. The maximum absolute atomic E-state index is 12.9. The van der Waals surface area contributed by atoms with Crippen LogP contribution in [-0.4, -0.2) is 35.7 Å². The minimum absolute atomic E-state index is 0.0544. The molecule has 0 spiro atoms. The van der Waals surface area contributed by atoms with Gasteiger partial charge in [-0.1, -0.05) is 30.8 Å². The summed E-state index contributed by atoms with van der Waals surface area (Å²) in [6.07, 6.45) is 0.777. The number of nitriles is 1. The topological polar surface area (TPSA) is 106 Å². The van der Waals surface area contributed by atoms with Crippen LogP contribution in [0.1, 0.15) is 30.0 Å². The van der Waals surface area contributed by atoms with Crippen molar-refractivity contribution in [3.63, 3.8) is 0 Å². The highest BCUT2D eigenvalue weighted by atomic mass is 32.2. The molecule has 0 unspecified atom stereocenters. The first-order valence-electron chi connectivity index (χ1n) is 9.39. The second kappa shape index (κ2) is 8.38. The van der Waals surface area contributed by atoms with Gasteiger partial charge in [0.1, 0.15) is 5.01 Å². The minimum atomic E-state index is -0.898. The lowest BCUT2D eigenvalue weighted by molar-refractivity contribution is -0.116. The summed E-state index contributed by atoms with van der Waals surface area (Å²) in [7, 11) is 0. The molecule has 4 aromatic rings. The van der Waals surface area contributed by atoms with Crippen molar-refractivity contribution < 1.29 is 4.79 Å². The highest BCUT2D eigenvalue weighted by molar-refractivity contribution is 7.99. The second-order valence-corrected chi connectivity index (χ2v) is 8.57. The van der Waals surface area contributed by atoms with E-state index in [9.17, 15) is 14.9 Å². The van der Waals surface area contributed by atoms with Crippen LogP contribution in [0.5, 0.6) is 0 Å². The van der Waals surface area contributed by atoms with E-state index in [1.54, 1.807) is 15.0 Å². The standard InChI is InChI=1S/C20H18N6O2S2/c1-3-8-25-18(28)13-6-4-5-7-15(13)26-19(25)23-24-20(26)30-11-16(27)14(9-21)17-22-12(2)10-29-17/h4-7,10,14H,3,8,11H2,1-2H3/t14-/m1/s1. The molecule has 0 radical (unpaired) electrons. The second-order valence-electron chi connectivity index (χ2n) is 6.74. The zero-order valence-electron chi connectivity index (χ0n) is 16.4. The Hall–Kier alpha value is -3.03. The van der Waals surface area contributed by atoms with Gasteiger partial charge in [-0.15, -0.1) is 21.5 Å². The van der Waals surface area contributed by atoms with Gasteiger partial charge in [-0.25, -0.2) is 4.98 Å². The van der Waals surface area contributed by atoms with Crippen molar-refractivity contribution in [2.75, 3.05) is 5.75 Å². The molecule has 8 nitrogen and oxygen atoms in total. The number of nitrogens with zero attached hydrogens (tertiary/aromatic N) is 6. The quantitative estimate of drug-likeness (QED) is 0.408. The number of fused-ring (bicyclic) bond motifs is 3. The van der Waals surface area contributed by atoms with Crippen molar-refractivity contribution in [3.05, 3.63) is 50.7 Å². The summed E-state index contributed by atoms with van der Waals surface area (Å²) in [5.41, 5.74) is 1.38. The molecule has 3 aromatic heterocycles. The number of hydrogen-bond acceptors (Lipinski definition) is 8. The van der Waals surface area contributed by atoms with Gasteiger partial charge in [0.15, 0.2) is 16.9 Å². The number of ketones is 1. The number of aryl methyl sites for hydroxylation is 2. The van der Waals surface area contributed by atoms with Crippen molar-refractivity contribution in [3.8, 4) is 6.07 Å². The summed E-state index contributed by atoms with van der Waals surface area (Å²) in [4.78, 5) is 29.9. The van der Waals surface area contributed by atoms with Gasteiger partial charge in [-0.3, -0.25) is 18.6 Å². The number of hydrogen-bond donors (Lipinski definition) is 0. The number of benzene rings is 1. The fraction of sp³-hybridized carbons (Fsp3) is 0.300. The van der Waals surface area contributed by atoms with E-state index in [1.807, 2.05) is 37.4 Å². The van der Waals surface area contributed by atoms with E-state index in [-0.39, 0.29) is 17.1 Å². The lowest BCUT2D eigenvalue weighted by atomic mass is 10.1. The normalized spacial score (nSPS) is 12.3. The Morgan fingerprint density at radius 1 is 1.33 bits per heavy atom. The average Bonchev–Trinajstić information content (AvgIpc) is 3.36. The van der Waals surface area contributed by atoms with Crippen LogP contribution < -0.4 is 5.56 Å². The van der Waals surface area contributed by atoms with Gasteiger partial charge in [0, 0.05) is 17.6 Å². The monoisotopic (exact) mass is 438 g/mol. The average molecular weight is 439 g/mol. The molecule has 1 aromatic carbocycles. The van der Waals surface area contributed by atoms with E-state index in [0.717, 1.165) is 12.1 Å². The first kappa shape index (κ1) is 20.3. The maximum atomic E-state index is 12.9. The summed E-state index contributed by atoms with van der Waals surface area (Å²) in [6.45, 7) is 4.34. The van der Waals surface area contributed by atoms with Crippen molar-refractivity contribution in [2.45, 2.75) is 37.9 Å². The number of para-hydroxylation sites is 1. The first-order chi connectivity index (χ1) is 14.5. The van der Waals surface area contributed by atoms with Crippen molar-refractivity contribution in [1.82, 2.24) is 24.1 Å². The molecule has 0 bridgehead atoms. The van der Waals surface area contributed by atoms with Gasteiger partial charge >= 0.3 is 0 Å². The fourth-order valence-corrected chi connectivity index (χ4v) is 4.95. The van der Waals surface area contributed by atoms with Crippen LogP contribution in [0.3, 0.4) is 0 Å². The molecule has 3 heterocycles. The molecule has 0 aliphatic heterocycles. The fourth-order valence-electron chi connectivity index (χ4n) is 3.24. The Morgan fingerprint density at radius 3 is 2.83 bits per heavy atom. The van der Waals surface area contributed by atoms with Crippen LogP contribution in [0.4, 0.5) is 0 Å². The van der Waals surface area contributed by atoms with Crippen molar-refractivity contribution in [1.29, 1.82) is 5.26 Å². The Bertz CT molecular complexity index is 1350. The predicted molar refractivity (Wildman–Crippen MR) is 116 cm³/mol. The third kappa shape index (κ3) is 3.51. The molecule has 10 heteroatoms. The van der Waals surface area contributed by atoms with E-state index in [0.29, 0.717) is 33.4 Å². The van der Waals surface area contributed by atoms with Crippen molar-refractivity contribution >= 4 is 45.6 Å². The molecule has 0 fully saturated rings. The van der Waals surface area contributed by atoms with Gasteiger partial charge in [0.05, 0.1) is 22.7 Å². The number of carbonyl (C=O) groups is 1. The van der Waals surface area contributed by atoms with Gasteiger partial charge in [-0.05, 0) is 25.5 Å². The van der Waals surface area contributed by atoms with Crippen molar-refractivity contribution in [2.24, 2.45) is 0 Å². The number of rotatable bonds is 7. The van der Waals surface area contributed by atoms with E-state index in [1.165, 1.54) is 23.1 Å². The molecule has 0 aliphatic rings. The van der Waals surface area contributed by atoms with Gasteiger partial charge in [0.2, 0.25) is 5.78 Å².